The fourth-order valence-electron chi connectivity index (χ4n) is 2.77. The lowest BCUT2D eigenvalue weighted by Crippen LogP contribution is -2.43. The van der Waals surface area contributed by atoms with Crippen molar-refractivity contribution >= 4 is 17.5 Å². The van der Waals surface area contributed by atoms with Gasteiger partial charge in [0.1, 0.15) is 0 Å². The van der Waals surface area contributed by atoms with Crippen molar-refractivity contribution in [3.63, 3.8) is 0 Å². The van der Waals surface area contributed by atoms with E-state index in [1.165, 1.54) is 12.1 Å². The highest BCUT2D eigenvalue weighted by Crippen LogP contribution is 2.36. The third kappa shape index (κ3) is 4.18. The van der Waals surface area contributed by atoms with Crippen LogP contribution in [0.15, 0.2) is 18.2 Å². The molecule has 3 nitrogen and oxygen atoms in total. The minimum Gasteiger partial charge on any atom is -0.334 e. The second kappa shape index (κ2) is 7.09. The maximum Gasteiger partial charge on any atom is 0.417 e. The van der Waals surface area contributed by atoms with E-state index in [9.17, 15) is 18.0 Å². The van der Waals surface area contributed by atoms with E-state index in [-0.39, 0.29) is 17.5 Å². The number of nitrogens with zero attached hydrogens (tertiary/aromatic N) is 1. The van der Waals surface area contributed by atoms with Crippen LogP contribution in [-0.2, 0) is 6.18 Å². The number of benzene rings is 1. The van der Waals surface area contributed by atoms with E-state index in [1.807, 2.05) is 13.8 Å². The predicted octanol–water partition coefficient (Wildman–Crippen LogP) is 3.82. The molecule has 1 N–H and O–H groups in total. The van der Waals surface area contributed by atoms with Crippen LogP contribution in [0.4, 0.5) is 13.2 Å². The van der Waals surface area contributed by atoms with Crippen LogP contribution in [0.5, 0.6) is 0 Å². The Morgan fingerprint density at radius 3 is 2.65 bits per heavy atom. The lowest BCUT2D eigenvalue weighted by molar-refractivity contribution is -0.137. The smallest absolute Gasteiger partial charge is 0.334 e. The molecule has 2 rings (SSSR count). The molecule has 1 aromatic carbocycles. The van der Waals surface area contributed by atoms with Crippen molar-refractivity contribution in [2.24, 2.45) is 5.92 Å². The summed E-state index contributed by atoms with van der Waals surface area (Å²) in [6, 6.07) is 3.46. The summed E-state index contributed by atoms with van der Waals surface area (Å²) in [5, 5.41) is 2.65. The molecular weight excluding hydrogens is 329 g/mol. The van der Waals surface area contributed by atoms with Gasteiger partial charge in [-0.05, 0) is 31.0 Å². The number of carbonyl (C=O) groups excluding carboxylic acids is 1. The summed E-state index contributed by atoms with van der Waals surface area (Å²) in [4.78, 5) is 14.5. The zero-order valence-electron chi connectivity index (χ0n) is 13.1. The molecule has 1 unspecified atom stereocenters. The summed E-state index contributed by atoms with van der Waals surface area (Å²) in [5.74, 6) is -0.229. The van der Waals surface area contributed by atoms with Gasteiger partial charge in [0.25, 0.3) is 5.91 Å². The molecule has 23 heavy (non-hydrogen) atoms. The van der Waals surface area contributed by atoms with Crippen LogP contribution in [-0.4, -0.2) is 36.5 Å². The van der Waals surface area contributed by atoms with Gasteiger partial charge in [-0.1, -0.05) is 31.5 Å². The van der Waals surface area contributed by atoms with Gasteiger partial charge < -0.3 is 10.2 Å². The maximum absolute atomic E-state index is 13.0. The van der Waals surface area contributed by atoms with Crippen LogP contribution >= 0.6 is 11.6 Å². The average molecular weight is 349 g/mol. The topological polar surface area (TPSA) is 32.3 Å². The number of carbonyl (C=O) groups is 1. The molecule has 0 saturated carbocycles. The van der Waals surface area contributed by atoms with Crippen LogP contribution in [0, 0.1) is 5.92 Å². The van der Waals surface area contributed by atoms with Crippen LogP contribution in [0.2, 0.25) is 5.02 Å². The Kier molecular flexibility index (Phi) is 5.57. The summed E-state index contributed by atoms with van der Waals surface area (Å²) < 4.78 is 39.0. The Hall–Kier alpha value is -1.27. The monoisotopic (exact) mass is 348 g/mol. The number of amides is 1. The molecule has 128 valence electrons. The Labute approximate surface area is 138 Å². The highest BCUT2D eigenvalue weighted by Gasteiger charge is 2.36. The van der Waals surface area contributed by atoms with E-state index in [2.05, 4.69) is 5.32 Å². The summed E-state index contributed by atoms with van der Waals surface area (Å²) in [7, 11) is 0. The predicted molar refractivity (Wildman–Crippen MR) is 83.6 cm³/mol. The first-order chi connectivity index (χ1) is 10.7. The molecular formula is C16H20ClF3N2O. The molecule has 0 aromatic heterocycles. The van der Waals surface area contributed by atoms with Crippen molar-refractivity contribution < 1.29 is 18.0 Å². The summed E-state index contributed by atoms with van der Waals surface area (Å²) in [6.07, 6.45) is -3.79. The summed E-state index contributed by atoms with van der Waals surface area (Å²) >= 11 is 5.89. The van der Waals surface area contributed by atoms with Crippen LogP contribution < -0.4 is 5.32 Å². The number of rotatable bonds is 4. The van der Waals surface area contributed by atoms with Gasteiger partial charge in [0.05, 0.1) is 16.1 Å². The third-order valence-electron chi connectivity index (χ3n) is 3.83. The van der Waals surface area contributed by atoms with Gasteiger partial charge in [0.2, 0.25) is 0 Å². The Morgan fingerprint density at radius 1 is 1.43 bits per heavy atom. The van der Waals surface area contributed by atoms with E-state index in [1.54, 1.807) is 4.90 Å². The standard InChI is InChI=1S/C16H20ClF3N2O/c1-10(2)9-22(11-6-7-21-8-11)15(23)12-4-3-5-13(14(12)17)16(18,19)20/h3-5,10-11,21H,6-9H2,1-2H3. The lowest BCUT2D eigenvalue weighted by Gasteiger charge is -2.30. The zero-order valence-corrected chi connectivity index (χ0v) is 13.8. The zero-order chi connectivity index (χ0) is 17.2. The SMILES string of the molecule is CC(C)CN(C(=O)c1cccc(C(F)(F)F)c1Cl)C1CCNC1. The molecule has 0 bridgehead atoms. The fraction of sp³-hybridized carbons (Fsp3) is 0.562. The Morgan fingerprint density at radius 2 is 2.13 bits per heavy atom. The number of halogens is 4. The van der Waals surface area contributed by atoms with Crippen molar-refractivity contribution in [1.29, 1.82) is 0 Å². The number of hydrogen-bond acceptors (Lipinski definition) is 2. The van der Waals surface area contributed by atoms with Crippen molar-refractivity contribution in [3.05, 3.63) is 34.3 Å². The van der Waals surface area contributed by atoms with Gasteiger partial charge in [-0.25, -0.2) is 0 Å². The highest BCUT2D eigenvalue weighted by molar-refractivity contribution is 6.34. The van der Waals surface area contributed by atoms with E-state index < -0.39 is 22.7 Å². The van der Waals surface area contributed by atoms with Crippen LogP contribution in [0.25, 0.3) is 0 Å². The van der Waals surface area contributed by atoms with Crippen LogP contribution in [0.3, 0.4) is 0 Å². The van der Waals surface area contributed by atoms with E-state index in [0.29, 0.717) is 13.1 Å². The van der Waals surface area contributed by atoms with Gasteiger partial charge in [0, 0.05) is 19.1 Å². The van der Waals surface area contributed by atoms with Crippen molar-refractivity contribution in [1.82, 2.24) is 10.2 Å². The molecule has 0 spiro atoms. The molecule has 1 aliphatic rings. The summed E-state index contributed by atoms with van der Waals surface area (Å²) in [5.41, 5.74) is -1.06. The molecule has 1 amide bonds. The first-order valence-electron chi connectivity index (χ1n) is 7.59. The molecule has 7 heteroatoms. The van der Waals surface area contributed by atoms with E-state index >= 15 is 0 Å². The van der Waals surface area contributed by atoms with Crippen molar-refractivity contribution in [3.8, 4) is 0 Å². The van der Waals surface area contributed by atoms with Crippen molar-refractivity contribution in [2.75, 3.05) is 19.6 Å². The number of alkyl halides is 3. The van der Waals surface area contributed by atoms with Crippen LogP contribution in [0.1, 0.15) is 36.2 Å². The Bertz CT molecular complexity index is 569. The fourth-order valence-corrected chi connectivity index (χ4v) is 3.08. The quantitative estimate of drug-likeness (QED) is 0.897. The van der Waals surface area contributed by atoms with E-state index in [4.69, 9.17) is 11.6 Å². The minimum atomic E-state index is -4.58. The molecule has 0 aliphatic carbocycles. The summed E-state index contributed by atoms with van der Waals surface area (Å²) in [6.45, 7) is 5.86. The van der Waals surface area contributed by atoms with Gasteiger partial charge in [-0.15, -0.1) is 0 Å². The average Bonchev–Trinajstić information content (AvgIpc) is 2.96. The van der Waals surface area contributed by atoms with E-state index in [0.717, 1.165) is 19.0 Å². The van der Waals surface area contributed by atoms with Gasteiger partial charge >= 0.3 is 6.18 Å². The number of hydrogen-bond donors (Lipinski definition) is 1. The largest absolute Gasteiger partial charge is 0.417 e. The molecule has 1 aromatic rings. The first-order valence-corrected chi connectivity index (χ1v) is 7.97. The molecule has 1 atom stereocenters. The minimum absolute atomic E-state index is 0.0180. The second-order valence-electron chi connectivity index (χ2n) is 6.16. The Balaban J connectivity index is 2.36. The molecule has 1 fully saturated rings. The van der Waals surface area contributed by atoms with Gasteiger partial charge in [-0.2, -0.15) is 13.2 Å². The second-order valence-corrected chi connectivity index (χ2v) is 6.54. The maximum atomic E-state index is 13.0. The number of nitrogens with one attached hydrogen (secondary N) is 1. The molecule has 1 heterocycles. The first kappa shape index (κ1) is 18.1. The molecule has 1 aliphatic heterocycles. The van der Waals surface area contributed by atoms with Gasteiger partial charge in [-0.3, -0.25) is 4.79 Å². The van der Waals surface area contributed by atoms with Crippen molar-refractivity contribution in [2.45, 2.75) is 32.5 Å². The lowest BCUT2D eigenvalue weighted by atomic mass is 10.1. The van der Waals surface area contributed by atoms with Gasteiger partial charge in [0.15, 0.2) is 0 Å². The molecule has 0 radical (unpaired) electrons. The normalized spacial score (nSPS) is 18.5. The third-order valence-corrected chi connectivity index (χ3v) is 4.24. The highest BCUT2D eigenvalue weighted by atomic mass is 35.5. The molecule has 1 saturated heterocycles.